The number of benzene rings is 1. The number of aromatic nitrogens is 1. The maximum atomic E-state index is 14.8. The molecular weight excluding hydrogens is 515 g/mol. The number of thiophene rings is 1. The van der Waals surface area contributed by atoms with Crippen LogP contribution in [0.4, 0.5) is 10.1 Å². The van der Waals surface area contributed by atoms with Crippen LogP contribution in [0, 0.1) is 5.82 Å². The van der Waals surface area contributed by atoms with Crippen LogP contribution in [0.2, 0.25) is 4.34 Å². The summed E-state index contributed by atoms with van der Waals surface area (Å²) in [6.07, 6.45) is 4.78. The highest BCUT2D eigenvalue weighted by Crippen LogP contribution is 2.26. The van der Waals surface area contributed by atoms with E-state index >= 15 is 0 Å². The molecular formula is C23H20ClFN4O4S2. The summed E-state index contributed by atoms with van der Waals surface area (Å²) in [6, 6.07) is 9.63. The van der Waals surface area contributed by atoms with Crippen LogP contribution in [0.25, 0.3) is 6.08 Å². The molecule has 12 heteroatoms. The van der Waals surface area contributed by atoms with E-state index in [1.54, 1.807) is 36.7 Å². The maximum absolute atomic E-state index is 14.8. The Labute approximate surface area is 210 Å². The fraction of sp³-hybridized carbons (Fsp3) is 0.174. The minimum Gasteiger partial charge on any atom is -0.348 e. The molecule has 2 aromatic heterocycles. The highest BCUT2D eigenvalue weighted by molar-refractivity contribution is 7.92. The number of halogens is 2. The summed E-state index contributed by atoms with van der Waals surface area (Å²) >= 11 is 7.05. The zero-order valence-corrected chi connectivity index (χ0v) is 20.5. The molecule has 0 spiro atoms. The molecule has 0 bridgehead atoms. The van der Waals surface area contributed by atoms with Gasteiger partial charge < -0.3 is 10.2 Å². The number of carbonyl (C=O) groups excluding carboxylic acids is 2. The molecule has 1 saturated heterocycles. The SMILES string of the molecule is O=C(NCc1cccnc1)c1ccc(N2CC[C@H](NS(=O)(=O)/C=C/c3ccc(Cl)s3)C2=O)c(F)c1. The average Bonchev–Trinajstić information content (AvgIpc) is 3.42. The minimum atomic E-state index is -3.92. The third-order valence-corrected chi connectivity index (χ3v) is 7.50. The summed E-state index contributed by atoms with van der Waals surface area (Å²) in [5.41, 5.74) is 0.866. The smallest absolute Gasteiger partial charge is 0.251 e. The molecule has 4 rings (SSSR count). The topological polar surface area (TPSA) is 108 Å². The molecule has 0 radical (unpaired) electrons. The molecule has 3 heterocycles. The van der Waals surface area contributed by atoms with Gasteiger partial charge in [-0.1, -0.05) is 17.7 Å². The van der Waals surface area contributed by atoms with Crippen LogP contribution in [-0.4, -0.2) is 37.8 Å². The Kier molecular flexibility index (Phi) is 7.60. The Morgan fingerprint density at radius 3 is 2.80 bits per heavy atom. The third kappa shape index (κ3) is 6.31. The van der Waals surface area contributed by atoms with Crippen LogP contribution >= 0.6 is 22.9 Å². The molecule has 35 heavy (non-hydrogen) atoms. The number of rotatable bonds is 8. The molecule has 1 aliphatic rings. The molecule has 182 valence electrons. The number of anilines is 1. The van der Waals surface area contributed by atoms with E-state index < -0.39 is 33.7 Å². The molecule has 1 aromatic carbocycles. The van der Waals surface area contributed by atoms with Gasteiger partial charge in [-0.05, 0) is 54.5 Å². The lowest BCUT2D eigenvalue weighted by Gasteiger charge is -2.18. The molecule has 2 N–H and O–H groups in total. The van der Waals surface area contributed by atoms with Crippen molar-refractivity contribution in [3.8, 4) is 0 Å². The number of nitrogens with zero attached hydrogens (tertiary/aromatic N) is 2. The molecule has 0 unspecified atom stereocenters. The summed E-state index contributed by atoms with van der Waals surface area (Å²) in [5.74, 6) is -1.81. The van der Waals surface area contributed by atoms with Gasteiger partial charge in [-0.15, -0.1) is 11.3 Å². The van der Waals surface area contributed by atoms with Crippen LogP contribution < -0.4 is 14.9 Å². The van der Waals surface area contributed by atoms with E-state index in [9.17, 15) is 22.4 Å². The van der Waals surface area contributed by atoms with Gasteiger partial charge >= 0.3 is 0 Å². The average molecular weight is 535 g/mol. The first-order valence-electron chi connectivity index (χ1n) is 10.5. The monoisotopic (exact) mass is 534 g/mol. The quantitative estimate of drug-likeness (QED) is 0.459. The molecule has 1 fully saturated rings. The Morgan fingerprint density at radius 1 is 1.29 bits per heavy atom. The number of amides is 2. The first-order valence-corrected chi connectivity index (χ1v) is 13.2. The number of sulfonamides is 1. The second-order valence-electron chi connectivity index (χ2n) is 7.65. The van der Waals surface area contributed by atoms with Crippen LogP contribution in [0.1, 0.15) is 27.2 Å². The van der Waals surface area contributed by atoms with Crippen molar-refractivity contribution in [2.45, 2.75) is 19.0 Å². The molecule has 0 aliphatic carbocycles. The second kappa shape index (κ2) is 10.6. The van der Waals surface area contributed by atoms with Crippen molar-refractivity contribution in [3.05, 3.63) is 86.4 Å². The van der Waals surface area contributed by atoms with Crippen molar-refractivity contribution in [2.24, 2.45) is 0 Å². The number of pyridine rings is 1. The van der Waals surface area contributed by atoms with Gasteiger partial charge in [0.2, 0.25) is 15.9 Å². The maximum Gasteiger partial charge on any atom is 0.251 e. The summed E-state index contributed by atoms with van der Waals surface area (Å²) in [6.45, 7) is 0.357. The normalized spacial score (nSPS) is 16.2. The van der Waals surface area contributed by atoms with E-state index in [2.05, 4.69) is 15.0 Å². The van der Waals surface area contributed by atoms with E-state index in [0.717, 1.165) is 17.0 Å². The molecule has 0 saturated carbocycles. The Hall–Kier alpha value is -3.12. The summed E-state index contributed by atoms with van der Waals surface area (Å²) in [7, 11) is -3.92. The minimum absolute atomic E-state index is 0.0238. The molecule has 1 aliphatic heterocycles. The predicted molar refractivity (Wildman–Crippen MR) is 133 cm³/mol. The van der Waals surface area contributed by atoms with Gasteiger partial charge in [-0.2, -0.15) is 4.72 Å². The van der Waals surface area contributed by atoms with Gasteiger partial charge in [0.15, 0.2) is 0 Å². The largest absolute Gasteiger partial charge is 0.348 e. The van der Waals surface area contributed by atoms with E-state index in [1.807, 2.05) is 0 Å². The second-order valence-corrected chi connectivity index (χ2v) is 11.0. The van der Waals surface area contributed by atoms with E-state index in [1.165, 1.54) is 34.4 Å². The standard InChI is InChI=1S/C23H20ClFN4O4S2/c24-21-6-4-17(34-21)8-11-35(32,33)28-19-7-10-29(23(19)31)20-5-3-16(12-18(20)25)22(30)27-14-15-2-1-9-26-13-15/h1-6,8-9,11-13,19,28H,7,10,14H2,(H,27,30)/b11-8+/t19-/m0/s1. The van der Waals surface area contributed by atoms with Gasteiger partial charge in [0.1, 0.15) is 11.9 Å². The predicted octanol–water partition coefficient (Wildman–Crippen LogP) is 3.56. The highest BCUT2D eigenvalue weighted by Gasteiger charge is 2.36. The number of nitrogens with one attached hydrogen (secondary N) is 2. The molecule has 1 atom stereocenters. The fourth-order valence-corrected chi connectivity index (χ4v) is 5.56. The summed E-state index contributed by atoms with van der Waals surface area (Å²) in [5, 5.41) is 3.65. The highest BCUT2D eigenvalue weighted by atomic mass is 35.5. The van der Waals surface area contributed by atoms with E-state index in [-0.39, 0.29) is 30.8 Å². The first-order chi connectivity index (χ1) is 16.7. The van der Waals surface area contributed by atoms with Crippen molar-refractivity contribution in [1.29, 1.82) is 0 Å². The zero-order chi connectivity index (χ0) is 25.0. The van der Waals surface area contributed by atoms with Crippen LogP contribution in [0.15, 0.2) is 60.3 Å². The molecule has 2 amide bonds. The Bertz CT molecular complexity index is 1380. The van der Waals surface area contributed by atoms with Crippen molar-refractivity contribution in [1.82, 2.24) is 15.0 Å². The first kappa shape index (κ1) is 25.0. The number of carbonyl (C=O) groups is 2. The third-order valence-electron chi connectivity index (χ3n) is 5.19. The van der Waals surface area contributed by atoms with Crippen molar-refractivity contribution < 1.29 is 22.4 Å². The molecule has 3 aromatic rings. The van der Waals surface area contributed by atoms with Gasteiger partial charge in [0.05, 0.1) is 10.0 Å². The van der Waals surface area contributed by atoms with Crippen molar-refractivity contribution in [2.75, 3.05) is 11.4 Å². The number of hydrogen-bond acceptors (Lipinski definition) is 6. The van der Waals surface area contributed by atoms with Crippen LogP contribution in [-0.2, 0) is 21.4 Å². The van der Waals surface area contributed by atoms with Gasteiger partial charge in [-0.3, -0.25) is 14.6 Å². The summed E-state index contributed by atoms with van der Waals surface area (Å²) < 4.78 is 42.5. The van der Waals surface area contributed by atoms with Gasteiger partial charge in [-0.25, -0.2) is 12.8 Å². The lowest BCUT2D eigenvalue weighted by molar-refractivity contribution is -0.118. The molecule has 8 nitrogen and oxygen atoms in total. The van der Waals surface area contributed by atoms with Crippen molar-refractivity contribution >= 4 is 56.5 Å². The van der Waals surface area contributed by atoms with Gasteiger partial charge in [0, 0.05) is 41.3 Å². The van der Waals surface area contributed by atoms with E-state index in [0.29, 0.717) is 9.21 Å². The Morgan fingerprint density at radius 2 is 2.11 bits per heavy atom. The van der Waals surface area contributed by atoms with Gasteiger partial charge in [0.25, 0.3) is 5.91 Å². The van der Waals surface area contributed by atoms with Crippen LogP contribution in [0.3, 0.4) is 0 Å². The lowest BCUT2D eigenvalue weighted by atomic mass is 10.1. The van der Waals surface area contributed by atoms with Crippen molar-refractivity contribution in [3.63, 3.8) is 0 Å². The summed E-state index contributed by atoms with van der Waals surface area (Å²) in [4.78, 5) is 31.0. The number of hydrogen-bond donors (Lipinski definition) is 2. The van der Waals surface area contributed by atoms with E-state index in [4.69, 9.17) is 11.6 Å². The Balaban J connectivity index is 1.39. The lowest BCUT2D eigenvalue weighted by Crippen LogP contribution is -2.40. The zero-order valence-electron chi connectivity index (χ0n) is 18.1. The fourth-order valence-electron chi connectivity index (χ4n) is 3.49. The van der Waals surface area contributed by atoms with Crippen LogP contribution in [0.5, 0.6) is 0 Å².